The summed E-state index contributed by atoms with van der Waals surface area (Å²) in [6, 6.07) is 4.70. The van der Waals surface area contributed by atoms with Crippen LogP contribution in [0.1, 0.15) is 25.1 Å². The van der Waals surface area contributed by atoms with Gasteiger partial charge in [0.15, 0.2) is 0 Å². The van der Waals surface area contributed by atoms with Gasteiger partial charge in [-0.3, -0.25) is 9.48 Å². The molecular weight excluding hydrogens is 395 g/mol. The predicted octanol–water partition coefficient (Wildman–Crippen LogP) is 4.13. The van der Waals surface area contributed by atoms with E-state index in [4.69, 9.17) is 16.3 Å². The SMILES string of the molecule is Cc1nn(CC(C)C)c(Cl)c1/C=C/C(=O)Nc1ccc(N2CCOCC2)c(F)c1. The first-order chi connectivity index (χ1) is 13.8. The molecule has 0 aliphatic carbocycles. The van der Waals surface area contributed by atoms with Crippen molar-refractivity contribution in [2.24, 2.45) is 5.92 Å². The molecule has 0 spiro atoms. The summed E-state index contributed by atoms with van der Waals surface area (Å²) in [6.45, 7) is 9.18. The zero-order valence-electron chi connectivity index (χ0n) is 16.9. The zero-order chi connectivity index (χ0) is 21.0. The lowest BCUT2D eigenvalue weighted by atomic mass is 10.2. The summed E-state index contributed by atoms with van der Waals surface area (Å²) in [5.41, 5.74) is 2.37. The summed E-state index contributed by atoms with van der Waals surface area (Å²) in [7, 11) is 0. The van der Waals surface area contributed by atoms with Crippen LogP contribution in [0.5, 0.6) is 0 Å². The smallest absolute Gasteiger partial charge is 0.248 e. The van der Waals surface area contributed by atoms with Crippen LogP contribution in [0.15, 0.2) is 24.3 Å². The molecule has 0 unspecified atom stereocenters. The lowest BCUT2D eigenvalue weighted by molar-refractivity contribution is -0.111. The van der Waals surface area contributed by atoms with Gasteiger partial charge in [0.1, 0.15) is 11.0 Å². The van der Waals surface area contributed by atoms with Crippen molar-refractivity contribution in [3.63, 3.8) is 0 Å². The van der Waals surface area contributed by atoms with Crippen molar-refractivity contribution >= 4 is 35.0 Å². The zero-order valence-corrected chi connectivity index (χ0v) is 17.7. The van der Waals surface area contributed by atoms with Gasteiger partial charge in [-0.1, -0.05) is 25.4 Å². The molecule has 0 saturated carbocycles. The Labute approximate surface area is 175 Å². The molecule has 0 atom stereocenters. The highest BCUT2D eigenvalue weighted by atomic mass is 35.5. The quantitative estimate of drug-likeness (QED) is 0.714. The number of ether oxygens (including phenoxy) is 1. The minimum absolute atomic E-state index is 0.365. The van der Waals surface area contributed by atoms with E-state index in [2.05, 4.69) is 24.3 Å². The maximum Gasteiger partial charge on any atom is 0.248 e. The lowest BCUT2D eigenvalue weighted by Crippen LogP contribution is -2.36. The summed E-state index contributed by atoms with van der Waals surface area (Å²) >= 11 is 6.38. The second-order valence-electron chi connectivity index (χ2n) is 7.45. The fourth-order valence-corrected chi connectivity index (χ4v) is 3.52. The van der Waals surface area contributed by atoms with E-state index >= 15 is 0 Å². The van der Waals surface area contributed by atoms with Crippen molar-refractivity contribution in [1.29, 1.82) is 0 Å². The summed E-state index contributed by atoms with van der Waals surface area (Å²) in [4.78, 5) is 14.2. The third-order valence-electron chi connectivity index (χ3n) is 4.62. The average molecular weight is 421 g/mol. The third kappa shape index (κ3) is 5.36. The molecule has 1 aromatic heterocycles. The average Bonchev–Trinajstić information content (AvgIpc) is 2.93. The molecule has 1 saturated heterocycles. The number of anilines is 2. The molecule has 3 rings (SSSR count). The Kier molecular flexibility index (Phi) is 6.92. The molecule has 29 heavy (non-hydrogen) atoms. The molecule has 0 radical (unpaired) electrons. The Bertz CT molecular complexity index is 904. The van der Waals surface area contributed by atoms with Gasteiger partial charge in [-0.25, -0.2) is 4.39 Å². The summed E-state index contributed by atoms with van der Waals surface area (Å²) in [5, 5.41) is 7.60. The van der Waals surface area contributed by atoms with Crippen molar-refractivity contribution < 1.29 is 13.9 Å². The fourth-order valence-electron chi connectivity index (χ4n) is 3.21. The van der Waals surface area contributed by atoms with E-state index in [0.717, 1.165) is 5.69 Å². The number of carbonyl (C=O) groups excluding carboxylic acids is 1. The first-order valence-electron chi connectivity index (χ1n) is 9.69. The molecule has 6 nitrogen and oxygen atoms in total. The molecule has 1 aliphatic rings. The summed E-state index contributed by atoms with van der Waals surface area (Å²) < 4.78 is 21.5. The minimum atomic E-state index is -0.373. The maximum atomic E-state index is 14.5. The number of benzene rings is 1. The standard InChI is InChI=1S/C21H26ClFN4O2/c1-14(2)13-27-21(22)17(15(3)25-27)5-7-20(28)24-16-4-6-19(18(23)12-16)26-8-10-29-11-9-26/h4-7,12,14H,8-11,13H2,1-3H3,(H,24,28)/b7-5+. The van der Waals surface area contributed by atoms with Crippen LogP contribution in [-0.4, -0.2) is 42.0 Å². The van der Waals surface area contributed by atoms with Gasteiger partial charge in [-0.05, 0) is 37.1 Å². The highest BCUT2D eigenvalue weighted by Gasteiger charge is 2.16. The number of amides is 1. The molecule has 1 aliphatic heterocycles. The maximum absolute atomic E-state index is 14.5. The number of halogens is 2. The van der Waals surface area contributed by atoms with Gasteiger partial charge in [-0.15, -0.1) is 0 Å². The van der Waals surface area contributed by atoms with Crippen LogP contribution >= 0.6 is 11.6 Å². The second-order valence-corrected chi connectivity index (χ2v) is 7.81. The molecule has 156 valence electrons. The van der Waals surface area contributed by atoms with Gasteiger partial charge in [0.25, 0.3) is 0 Å². The Morgan fingerprint density at radius 2 is 2.10 bits per heavy atom. The largest absolute Gasteiger partial charge is 0.378 e. The van der Waals surface area contributed by atoms with Crippen molar-refractivity contribution in [2.45, 2.75) is 27.3 Å². The highest BCUT2D eigenvalue weighted by Crippen LogP contribution is 2.24. The molecule has 0 bridgehead atoms. The molecule has 1 fully saturated rings. The van der Waals surface area contributed by atoms with E-state index in [0.29, 0.717) is 60.9 Å². The molecule has 2 aromatic rings. The Hall–Kier alpha value is -2.38. The summed E-state index contributed by atoms with van der Waals surface area (Å²) in [5.74, 6) is -0.333. The third-order valence-corrected chi connectivity index (χ3v) is 5.01. The van der Waals surface area contributed by atoms with Crippen molar-refractivity contribution in [3.8, 4) is 0 Å². The fraction of sp³-hybridized carbons (Fsp3) is 0.429. The number of hydrogen-bond acceptors (Lipinski definition) is 4. The normalized spacial score (nSPS) is 14.8. The number of nitrogens with one attached hydrogen (secondary N) is 1. The Morgan fingerprint density at radius 3 is 2.76 bits per heavy atom. The molecule has 2 heterocycles. The summed E-state index contributed by atoms with van der Waals surface area (Å²) in [6.07, 6.45) is 3.01. The van der Waals surface area contributed by atoms with Crippen LogP contribution in [0.3, 0.4) is 0 Å². The number of carbonyl (C=O) groups is 1. The van der Waals surface area contributed by atoms with Crippen LogP contribution in [0.25, 0.3) is 6.08 Å². The highest BCUT2D eigenvalue weighted by molar-refractivity contribution is 6.31. The van der Waals surface area contributed by atoms with E-state index < -0.39 is 0 Å². The molecule has 1 amide bonds. The monoisotopic (exact) mass is 420 g/mol. The topological polar surface area (TPSA) is 59.4 Å². The van der Waals surface area contributed by atoms with Crippen molar-refractivity contribution in [3.05, 3.63) is 46.5 Å². The molecule has 1 aromatic carbocycles. The van der Waals surface area contributed by atoms with Gasteiger partial charge in [0, 0.05) is 37.0 Å². The van der Waals surface area contributed by atoms with Gasteiger partial charge >= 0.3 is 0 Å². The number of hydrogen-bond donors (Lipinski definition) is 1. The van der Waals surface area contributed by atoms with E-state index in [1.54, 1.807) is 22.9 Å². The number of rotatable bonds is 6. The first-order valence-corrected chi connectivity index (χ1v) is 10.1. The molecular formula is C21H26ClFN4O2. The van der Waals surface area contributed by atoms with Gasteiger partial charge < -0.3 is 15.0 Å². The van der Waals surface area contributed by atoms with E-state index in [9.17, 15) is 9.18 Å². The van der Waals surface area contributed by atoms with E-state index in [-0.39, 0.29) is 11.7 Å². The number of aryl methyl sites for hydroxylation is 1. The van der Waals surface area contributed by atoms with Gasteiger partial charge in [0.05, 0.1) is 24.6 Å². The van der Waals surface area contributed by atoms with Crippen molar-refractivity contribution in [2.75, 3.05) is 36.5 Å². The number of nitrogens with zero attached hydrogens (tertiary/aromatic N) is 3. The minimum Gasteiger partial charge on any atom is -0.378 e. The van der Waals surface area contributed by atoms with Gasteiger partial charge in [-0.2, -0.15) is 5.10 Å². The molecule has 1 N–H and O–H groups in total. The van der Waals surface area contributed by atoms with Crippen LogP contribution in [0, 0.1) is 18.7 Å². The van der Waals surface area contributed by atoms with E-state index in [1.165, 1.54) is 12.1 Å². The molecule has 8 heteroatoms. The number of morpholine rings is 1. The Balaban J connectivity index is 1.66. The first kappa shape index (κ1) is 21.3. The van der Waals surface area contributed by atoms with Crippen LogP contribution in [-0.2, 0) is 16.1 Å². The number of aromatic nitrogens is 2. The van der Waals surface area contributed by atoms with Crippen LogP contribution in [0.4, 0.5) is 15.8 Å². The van der Waals surface area contributed by atoms with Gasteiger partial charge in [0.2, 0.25) is 5.91 Å². The van der Waals surface area contributed by atoms with E-state index in [1.807, 2.05) is 11.8 Å². The lowest BCUT2D eigenvalue weighted by Gasteiger charge is -2.29. The second kappa shape index (κ2) is 9.41. The predicted molar refractivity (Wildman–Crippen MR) is 114 cm³/mol. The van der Waals surface area contributed by atoms with Crippen molar-refractivity contribution in [1.82, 2.24) is 9.78 Å². The van der Waals surface area contributed by atoms with Crippen LogP contribution in [0.2, 0.25) is 5.15 Å². The van der Waals surface area contributed by atoms with Crippen LogP contribution < -0.4 is 10.2 Å². The Morgan fingerprint density at radius 1 is 1.38 bits per heavy atom.